The predicted octanol–water partition coefficient (Wildman–Crippen LogP) is 0.692. The Bertz CT molecular complexity index is 821. The van der Waals surface area contributed by atoms with E-state index in [4.69, 9.17) is 4.74 Å². The summed E-state index contributed by atoms with van der Waals surface area (Å²) in [6, 6.07) is 7.09. The molecule has 2 rings (SSSR count). The molecule has 0 saturated carbocycles. The van der Waals surface area contributed by atoms with Gasteiger partial charge in [-0.15, -0.1) is 0 Å². The van der Waals surface area contributed by atoms with Gasteiger partial charge in [-0.3, -0.25) is 29.8 Å². The van der Waals surface area contributed by atoms with Gasteiger partial charge in [0.1, 0.15) is 0 Å². The van der Waals surface area contributed by atoms with E-state index in [1.54, 1.807) is 29.9 Å². The number of benzene rings is 1. The van der Waals surface area contributed by atoms with Crippen molar-refractivity contribution in [1.29, 1.82) is 0 Å². The summed E-state index contributed by atoms with van der Waals surface area (Å²) >= 11 is 1.14. The Kier molecular flexibility index (Phi) is 6.96. The number of ether oxygens (including phenoxy) is 1. The van der Waals surface area contributed by atoms with E-state index in [2.05, 4.69) is 15.8 Å². The molecule has 0 spiro atoms. The van der Waals surface area contributed by atoms with Crippen LogP contribution in [0.3, 0.4) is 0 Å². The molecule has 0 aliphatic carbocycles. The number of nitrogens with one attached hydrogen (secondary N) is 2. The number of para-hydroxylation sites is 1. The minimum atomic E-state index is -0.383. The van der Waals surface area contributed by atoms with Crippen LogP contribution in [0, 0.1) is 0 Å². The number of fused-ring (bicyclic) bond motifs is 1. The van der Waals surface area contributed by atoms with Crippen LogP contribution < -0.4 is 16.4 Å². The minimum absolute atomic E-state index is 0.0232. The molecule has 0 aliphatic heterocycles. The summed E-state index contributed by atoms with van der Waals surface area (Å²) in [6.07, 6.45) is 0.655. The van der Waals surface area contributed by atoms with Crippen LogP contribution in [0.1, 0.15) is 13.3 Å². The lowest BCUT2D eigenvalue weighted by molar-refractivity contribution is -0.126. The fraction of sp³-hybridized carbons (Fsp3) is 0.375. The lowest BCUT2D eigenvalue weighted by Gasteiger charge is -2.13. The molecule has 1 heterocycles. The van der Waals surface area contributed by atoms with Gasteiger partial charge in [-0.25, -0.2) is 4.98 Å². The smallest absolute Gasteiger partial charge is 0.262 e. The second kappa shape index (κ2) is 9.19. The lowest BCUT2D eigenvalue weighted by Crippen LogP contribution is -2.41. The van der Waals surface area contributed by atoms with Crippen molar-refractivity contribution < 1.29 is 14.3 Å². The highest BCUT2D eigenvalue weighted by Gasteiger charge is 2.13. The van der Waals surface area contributed by atoms with Crippen LogP contribution in [0.2, 0.25) is 0 Å². The fourth-order valence-corrected chi connectivity index (χ4v) is 2.97. The van der Waals surface area contributed by atoms with Gasteiger partial charge in [0.15, 0.2) is 5.16 Å². The van der Waals surface area contributed by atoms with Gasteiger partial charge in [0.2, 0.25) is 11.8 Å². The van der Waals surface area contributed by atoms with Crippen LogP contribution in [-0.4, -0.2) is 40.8 Å². The maximum atomic E-state index is 12.7. The first-order valence-electron chi connectivity index (χ1n) is 7.69. The first-order valence-corrected chi connectivity index (χ1v) is 8.68. The van der Waals surface area contributed by atoms with Gasteiger partial charge < -0.3 is 4.74 Å². The normalized spacial score (nSPS) is 10.6. The maximum Gasteiger partial charge on any atom is 0.262 e. The fourth-order valence-electron chi connectivity index (χ4n) is 2.15. The summed E-state index contributed by atoms with van der Waals surface area (Å²) in [4.78, 5) is 39.8. The average Bonchev–Trinajstić information content (AvgIpc) is 2.60. The summed E-state index contributed by atoms with van der Waals surface area (Å²) in [6.45, 7) is 2.26. The van der Waals surface area contributed by atoms with Gasteiger partial charge in [0.05, 0.1) is 16.7 Å². The molecule has 0 bridgehead atoms. The van der Waals surface area contributed by atoms with Gasteiger partial charge >= 0.3 is 0 Å². The highest BCUT2D eigenvalue weighted by molar-refractivity contribution is 7.99. The molecular weight excluding hydrogens is 344 g/mol. The molecule has 0 fully saturated rings. The van der Waals surface area contributed by atoms with Crippen molar-refractivity contribution in [3.63, 3.8) is 0 Å². The van der Waals surface area contributed by atoms with Gasteiger partial charge in [0, 0.05) is 27.2 Å². The van der Waals surface area contributed by atoms with Crippen molar-refractivity contribution >= 4 is 34.5 Å². The summed E-state index contributed by atoms with van der Waals surface area (Å²) in [5.74, 6) is -0.722. The Labute approximate surface area is 148 Å². The van der Waals surface area contributed by atoms with Gasteiger partial charge in [0.25, 0.3) is 5.56 Å². The molecule has 8 nitrogen and oxygen atoms in total. The van der Waals surface area contributed by atoms with Gasteiger partial charge in [-0.1, -0.05) is 23.9 Å². The molecule has 25 heavy (non-hydrogen) atoms. The number of carbonyl (C=O) groups excluding carboxylic acids is 2. The highest BCUT2D eigenvalue weighted by Crippen LogP contribution is 2.17. The van der Waals surface area contributed by atoms with Crippen LogP contribution in [-0.2, 0) is 20.9 Å². The molecule has 0 unspecified atom stereocenters. The molecule has 2 aromatic rings. The van der Waals surface area contributed by atoms with E-state index in [9.17, 15) is 14.4 Å². The third-order valence-electron chi connectivity index (χ3n) is 3.27. The maximum absolute atomic E-state index is 12.7. The van der Waals surface area contributed by atoms with E-state index >= 15 is 0 Å². The summed E-state index contributed by atoms with van der Waals surface area (Å²) in [5, 5.41) is 0.991. The standard InChI is InChI=1S/C16H20N4O4S/c1-11(21)18-19-14(22)10-25-16-17-13-7-4-3-6-12(13)15(23)20(16)8-5-9-24-2/h3-4,6-7H,5,8-10H2,1-2H3,(H,18,21)(H,19,22). The number of carbonyl (C=O) groups is 2. The predicted molar refractivity (Wildman–Crippen MR) is 95.2 cm³/mol. The molecule has 0 saturated heterocycles. The molecule has 9 heteroatoms. The van der Waals surface area contributed by atoms with Crippen LogP contribution in [0.15, 0.2) is 34.2 Å². The zero-order valence-electron chi connectivity index (χ0n) is 14.1. The number of thioether (sulfide) groups is 1. The SMILES string of the molecule is COCCCn1c(SCC(=O)NNC(C)=O)nc2ccccc2c1=O. The van der Waals surface area contributed by atoms with Crippen molar-refractivity contribution in [1.82, 2.24) is 20.4 Å². The summed E-state index contributed by atoms with van der Waals surface area (Å²) in [7, 11) is 1.60. The van der Waals surface area contributed by atoms with Crippen LogP contribution in [0.25, 0.3) is 10.9 Å². The summed E-state index contributed by atoms with van der Waals surface area (Å²) < 4.78 is 6.59. The molecule has 0 radical (unpaired) electrons. The molecule has 2 N–H and O–H groups in total. The molecule has 1 aromatic carbocycles. The van der Waals surface area contributed by atoms with Gasteiger partial charge in [-0.05, 0) is 18.6 Å². The third-order valence-corrected chi connectivity index (χ3v) is 4.24. The largest absolute Gasteiger partial charge is 0.385 e. The minimum Gasteiger partial charge on any atom is -0.385 e. The Morgan fingerprint density at radius 2 is 2.04 bits per heavy atom. The van der Waals surface area contributed by atoms with Crippen LogP contribution in [0.5, 0.6) is 0 Å². The van der Waals surface area contributed by atoms with E-state index in [1.165, 1.54) is 6.92 Å². The zero-order chi connectivity index (χ0) is 18.2. The Morgan fingerprint density at radius 3 is 2.76 bits per heavy atom. The van der Waals surface area contributed by atoms with Gasteiger partial charge in [-0.2, -0.15) is 0 Å². The van der Waals surface area contributed by atoms with E-state index in [0.717, 1.165) is 11.8 Å². The number of rotatable bonds is 7. The third kappa shape index (κ3) is 5.30. The summed E-state index contributed by atoms with van der Waals surface area (Å²) in [5.41, 5.74) is 4.94. The second-order valence-electron chi connectivity index (χ2n) is 5.23. The Hall–Kier alpha value is -2.39. The Morgan fingerprint density at radius 1 is 1.28 bits per heavy atom. The van der Waals surface area contributed by atoms with Crippen molar-refractivity contribution in [3.05, 3.63) is 34.6 Å². The molecule has 1 aromatic heterocycles. The van der Waals surface area contributed by atoms with Crippen molar-refractivity contribution in [2.75, 3.05) is 19.5 Å². The number of methoxy groups -OCH3 is 1. The first kappa shape index (κ1) is 18.9. The van der Waals surface area contributed by atoms with E-state index < -0.39 is 0 Å². The first-order chi connectivity index (χ1) is 12.0. The number of amides is 2. The molecule has 2 amide bonds. The van der Waals surface area contributed by atoms with Crippen molar-refractivity contribution in [2.24, 2.45) is 0 Å². The second-order valence-corrected chi connectivity index (χ2v) is 6.18. The molecular formula is C16H20N4O4S. The zero-order valence-corrected chi connectivity index (χ0v) is 14.9. The van der Waals surface area contributed by atoms with E-state index in [1.807, 2.05) is 6.07 Å². The van der Waals surface area contributed by atoms with Crippen molar-refractivity contribution in [2.45, 2.75) is 25.0 Å². The Balaban J connectivity index is 2.23. The van der Waals surface area contributed by atoms with Crippen LogP contribution >= 0.6 is 11.8 Å². The monoisotopic (exact) mass is 364 g/mol. The van der Waals surface area contributed by atoms with E-state index in [-0.39, 0.29) is 23.1 Å². The molecule has 0 aliphatic rings. The lowest BCUT2D eigenvalue weighted by atomic mass is 10.2. The number of hydrogen-bond donors (Lipinski definition) is 2. The quantitative estimate of drug-likeness (QED) is 0.324. The topological polar surface area (TPSA) is 102 Å². The van der Waals surface area contributed by atoms with Crippen molar-refractivity contribution in [3.8, 4) is 0 Å². The number of hydrogen-bond acceptors (Lipinski definition) is 6. The van der Waals surface area contributed by atoms with E-state index in [0.29, 0.717) is 35.6 Å². The highest BCUT2D eigenvalue weighted by atomic mass is 32.2. The molecule has 134 valence electrons. The number of nitrogens with zero attached hydrogens (tertiary/aromatic N) is 2. The average molecular weight is 364 g/mol. The molecule has 0 atom stereocenters. The van der Waals surface area contributed by atoms with Crippen LogP contribution in [0.4, 0.5) is 0 Å². The number of aromatic nitrogens is 2. The number of hydrazine groups is 1.